The van der Waals surface area contributed by atoms with Crippen LogP contribution in [0.15, 0.2) is 24.3 Å². The number of hydrogen-bond acceptors (Lipinski definition) is 11. The van der Waals surface area contributed by atoms with Crippen LogP contribution in [-0.2, 0) is 19.2 Å². The summed E-state index contributed by atoms with van der Waals surface area (Å²) in [4.78, 5) is 22.8. The van der Waals surface area contributed by atoms with Crippen LogP contribution in [-0.4, -0.2) is 106 Å². The molecule has 0 spiro atoms. The zero-order valence-electron chi connectivity index (χ0n) is 17.3. The molecule has 0 heterocycles. The van der Waals surface area contributed by atoms with Crippen molar-refractivity contribution < 1.29 is 60.2 Å². The zero-order chi connectivity index (χ0) is 24.4. The summed E-state index contributed by atoms with van der Waals surface area (Å²) in [6.45, 7) is 6.23. The SMILES string of the molecule is C=C(C)C(=O)O.C=C(C)C(=O)OO.OCC(CO)(CO)COCC(CO)(CO)CO. The van der Waals surface area contributed by atoms with Gasteiger partial charge in [0.2, 0.25) is 0 Å². The van der Waals surface area contributed by atoms with E-state index in [1.165, 1.54) is 13.8 Å². The van der Waals surface area contributed by atoms with Gasteiger partial charge in [0.1, 0.15) is 0 Å². The lowest BCUT2D eigenvalue weighted by atomic mass is 9.91. The number of aliphatic hydroxyl groups excluding tert-OH is 6. The Kier molecular flexibility index (Phi) is 19.6. The van der Waals surface area contributed by atoms with E-state index in [0.717, 1.165) is 0 Å². The van der Waals surface area contributed by atoms with Gasteiger partial charge in [0.15, 0.2) is 0 Å². The van der Waals surface area contributed by atoms with Crippen LogP contribution < -0.4 is 0 Å². The summed E-state index contributed by atoms with van der Waals surface area (Å²) >= 11 is 0. The number of carbonyl (C=O) groups is 2. The van der Waals surface area contributed by atoms with Crippen molar-refractivity contribution in [2.75, 3.05) is 52.9 Å². The monoisotopic (exact) mass is 442 g/mol. The third-order valence-electron chi connectivity index (χ3n) is 3.63. The molecule has 0 atom stereocenters. The molecule has 0 amide bonds. The van der Waals surface area contributed by atoms with Crippen molar-refractivity contribution in [2.45, 2.75) is 13.8 Å². The molecule has 12 heteroatoms. The molecule has 0 aliphatic rings. The van der Waals surface area contributed by atoms with Crippen LogP contribution in [0.4, 0.5) is 0 Å². The van der Waals surface area contributed by atoms with E-state index >= 15 is 0 Å². The number of carboxylic acids is 1. The molecule has 0 fully saturated rings. The fourth-order valence-corrected chi connectivity index (χ4v) is 1.14. The summed E-state index contributed by atoms with van der Waals surface area (Å²) < 4.78 is 5.15. The van der Waals surface area contributed by atoms with Crippen LogP contribution in [0.1, 0.15) is 13.8 Å². The number of ether oxygens (including phenoxy) is 1. The maximum atomic E-state index is 9.94. The number of hydrogen-bond donors (Lipinski definition) is 8. The Hall–Kier alpha value is -1.90. The van der Waals surface area contributed by atoms with Gasteiger partial charge < -0.3 is 40.5 Å². The van der Waals surface area contributed by atoms with Crippen molar-refractivity contribution in [3.8, 4) is 0 Å². The summed E-state index contributed by atoms with van der Waals surface area (Å²) in [5.41, 5.74) is -1.96. The van der Waals surface area contributed by atoms with Crippen molar-refractivity contribution in [3.05, 3.63) is 24.3 Å². The van der Waals surface area contributed by atoms with Crippen LogP contribution in [0.2, 0.25) is 0 Å². The Balaban J connectivity index is -0.000000459. The van der Waals surface area contributed by atoms with Gasteiger partial charge in [-0.15, -0.1) is 0 Å². The van der Waals surface area contributed by atoms with Gasteiger partial charge in [-0.25, -0.2) is 9.59 Å². The molecule has 0 unspecified atom stereocenters. The molecule has 0 rings (SSSR count). The van der Waals surface area contributed by atoms with Crippen molar-refractivity contribution in [2.24, 2.45) is 10.8 Å². The van der Waals surface area contributed by atoms with Crippen molar-refractivity contribution >= 4 is 11.9 Å². The van der Waals surface area contributed by atoms with Gasteiger partial charge in [-0.2, -0.15) is 5.26 Å². The lowest BCUT2D eigenvalue weighted by Crippen LogP contribution is -2.43. The smallest absolute Gasteiger partial charge is 0.367 e. The van der Waals surface area contributed by atoms with Crippen LogP contribution >= 0.6 is 0 Å². The largest absolute Gasteiger partial charge is 0.478 e. The van der Waals surface area contributed by atoms with Gasteiger partial charge in [-0.3, -0.25) is 4.89 Å². The minimum atomic E-state index is -1.16. The quantitative estimate of drug-likeness (QED) is 0.0950. The topological polar surface area (TPSA) is 214 Å². The Morgan fingerprint density at radius 2 is 1.00 bits per heavy atom. The minimum absolute atomic E-state index is 0.141. The third-order valence-corrected chi connectivity index (χ3v) is 3.63. The molecule has 0 aliphatic heterocycles. The molecular formula is C18H34O12. The van der Waals surface area contributed by atoms with E-state index in [1.807, 2.05) is 0 Å². The van der Waals surface area contributed by atoms with Crippen LogP contribution in [0, 0.1) is 10.8 Å². The fourth-order valence-electron chi connectivity index (χ4n) is 1.14. The van der Waals surface area contributed by atoms with E-state index in [4.69, 9.17) is 45.7 Å². The highest BCUT2D eigenvalue weighted by Gasteiger charge is 2.32. The Bertz CT molecular complexity index is 461. The maximum absolute atomic E-state index is 9.94. The highest BCUT2D eigenvalue weighted by atomic mass is 17.1. The average molecular weight is 442 g/mol. The predicted octanol–water partition coefficient (Wildman–Crippen LogP) is -1.84. The summed E-state index contributed by atoms with van der Waals surface area (Å²) in [6.07, 6.45) is 0. The molecule has 12 nitrogen and oxygen atoms in total. The fraction of sp³-hybridized carbons (Fsp3) is 0.667. The summed E-state index contributed by atoms with van der Waals surface area (Å²) in [6, 6.07) is 0. The second kappa shape index (κ2) is 17.9. The van der Waals surface area contributed by atoms with E-state index in [1.54, 1.807) is 0 Å². The van der Waals surface area contributed by atoms with Crippen LogP contribution in [0.3, 0.4) is 0 Å². The van der Waals surface area contributed by atoms with Gasteiger partial charge in [0, 0.05) is 11.1 Å². The first-order chi connectivity index (χ1) is 13.9. The van der Waals surface area contributed by atoms with Crippen molar-refractivity contribution in [3.63, 3.8) is 0 Å². The van der Waals surface area contributed by atoms with Crippen molar-refractivity contribution in [1.82, 2.24) is 0 Å². The molecular weight excluding hydrogens is 408 g/mol. The predicted molar refractivity (Wildman–Crippen MR) is 104 cm³/mol. The number of rotatable bonds is 12. The summed E-state index contributed by atoms with van der Waals surface area (Å²) in [7, 11) is 0. The van der Waals surface area contributed by atoms with Gasteiger partial charge >= 0.3 is 11.9 Å². The van der Waals surface area contributed by atoms with Gasteiger partial charge in [0.25, 0.3) is 0 Å². The molecule has 0 saturated carbocycles. The van der Waals surface area contributed by atoms with Crippen molar-refractivity contribution in [1.29, 1.82) is 0 Å². The van der Waals surface area contributed by atoms with Gasteiger partial charge in [-0.1, -0.05) is 13.2 Å². The average Bonchev–Trinajstić information content (AvgIpc) is 2.75. The number of aliphatic hydroxyl groups is 6. The minimum Gasteiger partial charge on any atom is -0.478 e. The third kappa shape index (κ3) is 14.1. The first-order valence-electron chi connectivity index (χ1n) is 8.53. The summed E-state index contributed by atoms with van der Waals surface area (Å²) in [5, 5.41) is 69.7. The van der Waals surface area contributed by atoms with E-state index in [9.17, 15) is 9.59 Å². The van der Waals surface area contributed by atoms with Crippen LogP contribution in [0.25, 0.3) is 0 Å². The highest BCUT2D eigenvalue weighted by molar-refractivity contribution is 5.86. The molecule has 30 heavy (non-hydrogen) atoms. The first kappa shape index (κ1) is 32.8. The molecule has 0 bridgehead atoms. The maximum Gasteiger partial charge on any atom is 0.367 e. The normalized spacial score (nSPS) is 10.7. The number of carboxylic acid groups (broad SMARTS) is 1. The molecule has 0 aromatic rings. The van der Waals surface area contributed by atoms with E-state index in [0.29, 0.717) is 0 Å². The molecule has 0 aromatic carbocycles. The van der Waals surface area contributed by atoms with E-state index in [-0.39, 0.29) is 24.4 Å². The van der Waals surface area contributed by atoms with Gasteiger partial charge in [0.05, 0.1) is 63.7 Å². The lowest BCUT2D eigenvalue weighted by molar-refractivity contribution is -0.229. The van der Waals surface area contributed by atoms with Gasteiger partial charge in [-0.05, 0) is 13.8 Å². The highest BCUT2D eigenvalue weighted by Crippen LogP contribution is 2.19. The zero-order valence-corrected chi connectivity index (χ0v) is 17.3. The first-order valence-corrected chi connectivity index (χ1v) is 8.53. The van der Waals surface area contributed by atoms with Crippen LogP contribution in [0.5, 0.6) is 0 Å². The Morgan fingerprint density at radius 3 is 1.10 bits per heavy atom. The Morgan fingerprint density at radius 1 is 0.733 bits per heavy atom. The lowest BCUT2D eigenvalue weighted by Gasteiger charge is -2.31. The van der Waals surface area contributed by atoms with E-state index < -0.39 is 62.4 Å². The van der Waals surface area contributed by atoms with E-state index in [2.05, 4.69) is 18.0 Å². The molecule has 0 aliphatic carbocycles. The Labute approximate surface area is 174 Å². The molecule has 8 N–H and O–H groups in total. The molecule has 0 aromatic heterocycles. The second-order valence-corrected chi connectivity index (χ2v) is 6.69. The number of aliphatic carboxylic acids is 1. The molecule has 0 saturated heterocycles. The second-order valence-electron chi connectivity index (χ2n) is 6.69. The standard InChI is InChI=1S/C10H22O7.C4H6O3.C4H6O2/c11-1-9(2-12,3-13)7-17-8-10(4-14,5-15)6-16;1-3(2)4(5)7-6;1-3(2)4(5)6/h11-16H,1-8H2;6H,1H2,2H3;1H2,2H3,(H,5,6). The number of carbonyl (C=O) groups excluding carboxylic acids is 1. The molecule has 178 valence electrons. The molecule has 0 radical (unpaired) electrons. The summed E-state index contributed by atoms with van der Waals surface area (Å²) in [5.74, 6) is -1.73.